The van der Waals surface area contributed by atoms with Crippen molar-refractivity contribution in [2.45, 2.75) is 24.9 Å². The third-order valence-corrected chi connectivity index (χ3v) is 4.77. The van der Waals surface area contributed by atoms with Crippen LogP contribution >= 0.6 is 15.9 Å². The molecule has 0 saturated carbocycles. The zero-order valence-corrected chi connectivity index (χ0v) is 12.2. The van der Waals surface area contributed by atoms with Crippen molar-refractivity contribution in [1.82, 2.24) is 9.80 Å². The quantitative estimate of drug-likeness (QED) is 0.789. The molecule has 3 heterocycles. The van der Waals surface area contributed by atoms with Gasteiger partial charge in [0.05, 0.1) is 6.04 Å². The van der Waals surface area contributed by atoms with Crippen LogP contribution in [0.1, 0.15) is 24.4 Å². The summed E-state index contributed by atoms with van der Waals surface area (Å²) in [7, 11) is 0. The minimum atomic E-state index is -1.03. The molecule has 0 aliphatic carbocycles. The van der Waals surface area contributed by atoms with Crippen molar-refractivity contribution in [1.29, 1.82) is 0 Å². The highest BCUT2D eigenvalue weighted by molar-refractivity contribution is 9.10. The van der Waals surface area contributed by atoms with Gasteiger partial charge in [-0.05, 0) is 30.5 Å². The molecule has 0 N–H and O–H groups in total. The zero-order valence-electron chi connectivity index (χ0n) is 10.6. The zero-order chi connectivity index (χ0) is 13.4. The van der Waals surface area contributed by atoms with Gasteiger partial charge >= 0.3 is 0 Å². The standard InChI is InChI=1S/C14H17BrN2O2/c15-11-3-1-10(2-4-11)13-9-17(14(18)19)12-5-7-16(13)8-6-12/h1-4,12-13H,5-9H2,(H,18,19)/p-1. The summed E-state index contributed by atoms with van der Waals surface area (Å²) in [6.45, 7) is 2.46. The second-order valence-electron chi connectivity index (χ2n) is 5.25. The fourth-order valence-electron chi connectivity index (χ4n) is 3.18. The number of rotatable bonds is 1. The van der Waals surface area contributed by atoms with Crippen molar-refractivity contribution in [3.63, 3.8) is 0 Å². The number of fused-ring (bicyclic) bond motifs is 4. The molecule has 1 amide bonds. The van der Waals surface area contributed by atoms with Gasteiger partial charge < -0.3 is 14.8 Å². The second-order valence-corrected chi connectivity index (χ2v) is 6.17. The maximum absolute atomic E-state index is 11.3. The molecular formula is C14H16BrN2O2-. The lowest BCUT2D eigenvalue weighted by Crippen LogP contribution is -2.48. The van der Waals surface area contributed by atoms with Crippen LogP contribution in [0, 0.1) is 0 Å². The summed E-state index contributed by atoms with van der Waals surface area (Å²) < 4.78 is 1.04. The molecule has 4 rings (SSSR count). The number of hydrogen-bond donors (Lipinski definition) is 0. The van der Waals surface area contributed by atoms with E-state index >= 15 is 0 Å². The van der Waals surface area contributed by atoms with E-state index < -0.39 is 6.09 Å². The summed E-state index contributed by atoms with van der Waals surface area (Å²) in [5.41, 5.74) is 1.18. The molecule has 1 aromatic carbocycles. The summed E-state index contributed by atoms with van der Waals surface area (Å²) in [6, 6.07) is 8.45. The summed E-state index contributed by atoms with van der Waals surface area (Å²) in [6.07, 6.45) is 0.804. The fourth-order valence-corrected chi connectivity index (χ4v) is 3.45. The van der Waals surface area contributed by atoms with E-state index in [1.165, 1.54) is 10.5 Å². The lowest BCUT2D eigenvalue weighted by Gasteiger charge is -2.32. The first-order valence-electron chi connectivity index (χ1n) is 6.62. The smallest absolute Gasteiger partial charge is 0.137 e. The van der Waals surface area contributed by atoms with Crippen LogP contribution in [0.5, 0.6) is 0 Å². The van der Waals surface area contributed by atoms with Crippen molar-refractivity contribution >= 4 is 22.0 Å². The number of carbonyl (C=O) groups is 1. The van der Waals surface area contributed by atoms with Gasteiger partial charge in [0.1, 0.15) is 6.09 Å². The van der Waals surface area contributed by atoms with E-state index in [-0.39, 0.29) is 12.1 Å². The van der Waals surface area contributed by atoms with Crippen molar-refractivity contribution in [3.8, 4) is 0 Å². The minimum absolute atomic E-state index is 0.140. The number of amides is 1. The monoisotopic (exact) mass is 323 g/mol. The maximum atomic E-state index is 11.3. The van der Waals surface area contributed by atoms with E-state index in [1.54, 1.807) is 0 Å². The predicted molar refractivity (Wildman–Crippen MR) is 73.6 cm³/mol. The molecular weight excluding hydrogens is 308 g/mol. The van der Waals surface area contributed by atoms with Crippen LogP contribution in [0.25, 0.3) is 0 Å². The molecule has 0 radical (unpaired) electrons. The Hall–Kier alpha value is -1.07. The van der Waals surface area contributed by atoms with E-state index in [0.717, 1.165) is 30.4 Å². The van der Waals surface area contributed by atoms with Gasteiger partial charge in [-0.15, -0.1) is 0 Å². The van der Waals surface area contributed by atoms with Crippen LogP contribution in [0.3, 0.4) is 0 Å². The lowest BCUT2D eigenvalue weighted by atomic mass is 10.0. The Labute approximate surface area is 121 Å². The molecule has 1 atom stereocenters. The Morgan fingerprint density at radius 2 is 1.84 bits per heavy atom. The van der Waals surface area contributed by atoms with Gasteiger partial charge in [0.15, 0.2) is 0 Å². The highest BCUT2D eigenvalue weighted by atomic mass is 79.9. The number of piperidine rings is 1. The Bertz CT molecular complexity index is 469. The van der Waals surface area contributed by atoms with Gasteiger partial charge in [-0.3, -0.25) is 4.90 Å². The van der Waals surface area contributed by atoms with E-state index in [2.05, 4.69) is 33.0 Å². The van der Waals surface area contributed by atoms with Crippen LogP contribution in [-0.2, 0) is 0 Å². The molecule has 19 heavy (non-hydrogen) atoms. The first-order valence-corrected chi connectivity index (χ1v) is 7.41. The predicted octanol–water partition coefficient (Wildman–Crippen LogP) is 1.61. The summed E-state index contributed by atoms with van der Waals surface area (Å²) in [4.78, 5) is 15.2. The Balaban J connectivity index is 1.91. The fraction of sp³-hybridized carbons (Fsp3) is 0.500. The molecule has 2 bridgehead atoms. The first-order chi connectivity index (χ1) is 9.15. The van der Waals surface area contributed by atoms with E-state index in [0.29, 0.717) is 6.54 Å². The number of hydrogen-bond acceptors (Lipinski definition) is 3. The largest absolute Gasteiger partial charge is 0.530 e. The third-order valence-electron chi connectivity index (χ3n) is 4.24. The normalized spacial score (nSPS) is 30.2. The first kappa shape index (κ1) is 12.9. The van der Waals surface area contributed by atoms with E-state index in [1.807, 2.05) is 12.1 Å². The van der Waals surface area contributed by atoms with Gasteiger partial charge in [-0.25, -0.2) is 0 Å². The summed E-state index contributed by atoms with van der Waals surface area (Å²) in [5, 5.41) is 11.3. The topological polar surface area (TPSA) is 46.6 Å². The number of benzene rings is 1. The average molecular weight is 324 g/mol. The van der Waals surface area contributed by atoms with Crippen LogP contribution in [0.15, 0.2) is 28.7 Å². The van der Waals surface area contributed by atoms with Gasteiger partial charge in [-0.2, -0.15) is 0 Å². The Morgan fingerprint density at radius 1 is 1.21 bits per heavy atom. The van der Waals surface area contributed by atoms with Crippen molar-refractivity contribution in [3.05, 3.63) is 34.3 Å². The third kappa shape index (κ3) is 2.49. The van der Waals surface area contributed by atoms with E-state index in [9.17, 15) is 9.90 Å². The SMILES string of the molecule is O=C([O-])N1CC(c2ccc(Br)cc2)N2CCC1CC2. The lowest BCUT2D eigenvalue weighted by molar-refractivity contribution is -0.268. The number of halogens is 1. The summed E-state index contributed by atoms with van der Waals surface area (Å²) in [5.74, 6) is 0. The number of carbonyl (C=O) groups excluding carboxylic acids is 1. The van der Waals surface area contributed by atoms with Crippen molar-refractivity contribution < 1.29 is 9.90 Å². The van der Waals surface area contributed by atoms with Gasteiger partial charge in [0.2, 0.25) is 0 Å². The molecule has 4 nitrogen and oxygen atoms in total. The molecule has 1 aromatic rings. The molecule has 5 heteroatoms. The molecule has 0 spiro atoms. The number of carboxylic acid groups (broad SMARTS) is 1. The Kier molecular flexibility index (Phi) is 3.50. The van der Waals surface area contributed by atoms with Crippen molar-refractivity contribution in [2.75, 3.05) is 19.6 Å². The highest BCUT2D eigenvalue weighted by Crippen LogP contribution is 2.32. The van der Waals surface area contributed by atoms with Crippen LogP contribution in [-0.4, -0.2) is 41.6 Å². The molecule has 3 fully saturated rings. The molecule has 3 saturated heterocycles. The molecule has 3 aliphatic heterocycles. The highest BCUT2D eigenvalue weighted by Gasteiger charge is 2.35. The molecule has 3 aliphatic rings. The van der Waals surface area contributed by atoms with Crippen LogP contribution < -0.4 is 5.11 Å². The average Bonchev–Trinajstić information content (AvgIpc) is 2.70. The molecule has 102 valence electrons. The molecule has 0 aromatic heterocycles. The maximum Gasteiger partial charge on any atom is 0.137 e. The van der Waals surface area contributed by atoms with Crippen molar-refractivity contribution in [2.24, 2.45) is 0 Å². The Morgan fingerprint density at radius 3 is 2.42 bits per heavy atom. The van der Waals surface area contributed by atoms with Crippen LogP contribution in [0.4, 0.5) is 4.79 Å². The second kappa shape index (κ2) is 5.13. The summed E-state index contributed by atoms with van der Waals surface area (Å²) >= 11 is 3.43. The van der Waals surface area contributed by atoms with Gasteiger partial charge in [0.25, 0.3) is 0 Å². The number of nitrogens with zero attached hydrogens (tertiary/aromatic N) is 2. The minimum Gasteiger partial charge on any atom is -0.530 e. The van der Waals surface area contributed by atoms with Gasteiger partial charge in [-0.1, -0.05) is 28.1 Å². The van der Waals surface area contributed by atoms with E-state index in [4.69, 9.17) is 0 Å². The molecule has 1 unspecified atom stereocenters. The van der Waals surface area contributed by atoms with Crippen LogP contribution in [0.2, 0.25) is 0 Å². The van der Waals surface area contributed by atoms with Gasteiger partial charge in [0, 0.05) is 30.1 Å².